The molecule has 2 rings (SSSR count). The molecule has 0 saturated heterocycles. The summed E-state index contributed by atoms with van der Waals surface area (Å²) in [5.74, 6) is 0.366. The van der Waals surface area contributed by atoms with Gasteiger partial charge in [-0.2, -0.15) is 0 Å². The summed E-state index contributed by atoms with van der Waals surface area (Å²) in [6, 6.07) is 14.2. The van der Waals surface area contributed by atoms with Crippen molar-refractivity contribution in [2.75, 3.05) is 44.0 Å². The molecule has 28 heavy (non-hydrogen) atoms. The Balaban J connectivity index is 1.82. The molecule has 0 aliphatic carbocycles. The lowest BCUT2D eigenvalue weighted by molar-refractivity contribution is -0.114. The average Bonchev–Trinajstić information content (AvgIpc) is 2.71. The van der Waals surface area contributed by atoms with Gasteiger partial charge in [-0.25, -0.2) is 0 Å². The minimum Gasteiger partial charge on any atom is -0.492 e. The molecule has 2 amide bonds. The molecule has 0 bridgehead atoms. The summed E-state index contributed by atoms with van der Waals surface area (Å²) in [5, 5.41) is 8.69. The fourth-order valence-electron chi connectivity index (χ4n) is 2.50. The number of rotatable bonds is 11. The lowest BCUT2D eigenvalue weighted by atomic mass is 10.2. The van der Waals surface area contributed by atoms with Gasteiger partial charge in [0.1, 0.15) is 5.75 Å². The summed E-state index contributed by atoms with van der Waals surface area (Å²) in [4.78, 5) is 24.2. The van der Waals surface area contributed by atoms with Crippen LogP contribution in [-0.2, 0) is 9.53 Å². The SMILES string of the molecule is CCOc1ccccc1NCC(=O)Nc1ccc(C(=O)NCCCOC)cc1. The number of hydrogen-bond donors (Lipinski definition) is 3. The Kier molecular flexibility index (Phi) is 8.81. The van der Waals surface area contributed by atoms with Gasteiger partial charge in [0.2, 0.25) is 5.91 Å². The van der Waals surface area contributed by atoms with Crippen LogP contribution in [0.3, 0.4) is 0 Å². The number of anilines is 2. The molecule has 0 aliphatic heterocycles. The van der Waals surface area contributed by atoms with Gasteiger partial charge >= 0.3 is 0 Å². The molecule has 0 radical (unpaired) electrons. The number of benzene rings is 2. The number of methoxy groups -OCH3 is 1. The van der Waals surface area contributed by atoms with E-state index in [1.54, 1.807) is 31.4 Å². The van der Waals surface area contributed by atoms with Crippen LogP contribution in [0.1, 0.15) is 23.7 Å². The molecule has 0 spiro atoms. The van der Waals surface area contributed by atoms with E-state index in [-0.39, 0.29) is 18.4 Å². The standard InChI is InChI=1S/C21H27N3O4/c1-3-28-19-8-5-4-7-18(19)23-15-20(25)24-17-11-9-16(10-12-17)21(26)22-13-6-14-27-2/h4-5,7-12,23H,3,6,13-15H2,1-2H3,(H,22,26)(H,24,25). The van der Waals surface area contributed by atoms with Crippen LogP contribution >= 0.6 is 0 Å². The summed E-state index contributed by atoms with van der Waals surface area (Å²) < 4.78 is 10.5. The fourth-order valence-corrected chi connectivity index (χ4v) is 2.50. The third kappa shape index (κ3) is 6.92. The fraction of sp³-hybridized carbons (Fsp3) is 0.333. The van der Waals surface area contributed by atoms with Crippen molar-refractivity contribution in [2.45, 2.75) is 13.3 Å². The van der Waals surface area contributed by atoms with Crippen molar-refractivity contribution in [2.24, 2.45) is 0 Å². The van der Waals surface area contributed by atoms with Gasteiger partial charge in [-0.05, 0) is 49.7 Å². The van der Waals surface area contributed by atoms with Gasteiger partial charge in [-0.3, -0.25) is 9.59 Å². The molecular formula is C21H27N3O4. The van der Waals surface area contributed by atoms with Crippen molar-refractivity contribution >= 4 is 23.2 Å². The van der Waals surface area contributed by atoms with Crippen LogP contribution < -0.4 is 20.7 Å². The second-order valence-corrected chi connectivity index (χ2v) is 6.01. The highest BCUT2D eigenvalue weighted by Gasteiger charge is 2.08. The van der Waals surface area contributed by atoms with Crippen molar-refractivity contribution in [3.05, 3.63) is 54.1 Å². The Morgan fingerprint density at radius 3 is 2.50 bits per heavy atom. The van der Waals surface area contributed by atoms with E-state index in [1.165, 1.54) is 0 Å². The van der Waals surface area contributed by atoms with Gasteiger partial charge in [-0.1, -0.05) is 12.1 Å². The number of carbonyl (C=O) groups excluding carboxylic acids is 2. The van der Waals surface area contributed by atoms with Crippen molar-refractivity contribution in [3.8, 4) is 5.75 Å². The van der Waals surface area contributed by atoms with Gasteiger partial charge < -0.3 is 25.4 Å². The number of para-hydroxylation sites is 2. The number of hydrogen-bond acceptors (Lipinski definition) is 5. The largest absolute Gasteiger partial charge is 0.492 e. The molecule has 7 nitrogen and oxygen atoms in total. The molecule has 3 N–H and O–H groups in total. The number of amides is 2. The zero-order chi connectivity index (χ0) is 20.2. The molecule has 7 heteroatoms. The van der Waals surface area contributed by atoms with Gasteiger partial charge in [0.05, 0.1) is 18.8 Å². The van der Waals surface area contributed by atoms with E-state index in [1.807, 2.05) is 31.2 Å². The van der Waals surface area contributed by atoms with E-state index in [9.17, 15) is 9.59 Å². The molecule has 0 aromatic heterocycles. The molecule has 0 aliphatic rings. The van der Waals surface area contributed by atoms with Gasteiger partial charge in [0.15, 0.2) is 0 Å². The maximum atomic E-state index is 12.2. The number of carbonyl (C=O) groups is 2. The van der Waals surface area contributed by atoms with E-state index in [4.69, 9.17) is 9.47 Å². The molecule has 0 unspecified atom stereocenters. The lowest BCUT2D eigenvalue weighted by Crippen LogP contribution is -2.25. The first-order chi connectivity index (χ1) is 13.6. The summed E-state index contributed by atoms with van der Waals surface area (Å²) >= 11 is 0. The van der Waals surface area contributed by atoms with Crippen LogP contribution in [0, 0.1) is 0 Å². The van der Waals surface area contributed by atoms with E-state index in [0.717, 1.165) is 12.1 Å². The number of nitrogens with one attached hydrogen (secondary N) is 3. The summed E-state index contributed by atoms with van der Waals surface area (Å²) in [5.41, 5.74) is 1.93. The zero-order valence-electron chi connectivity index (χ0n) is 16.3. The van der Waals surface area contributed by atoms with Crippen LogP contribution in [0.25, 0.3) is 0 Å². The van der Waals surface area contributed by atoms with Crippen molar-refractivity contribution in [1.82, 2.24) is 5.32 Å². The minimum absolute atomic E-state index is 0.103. The lowest BCUT2D eigenvalue weighted by Gasteiger charge is -2.12. The van der Waals surface area contributed by atoms with Gasteiger partial charge in [0, 0.05) is 31.5 Å². The number of ether oxygens (including phenoxy) is 2. The second kappa shape index (κ2) is 11.6. The van der Waals surface area contributed by atoms with Crippen LogP contribution in [0.15, 0.2) is 48.5 Å². The minimum atomic E-state index is -0.192. The second-order valence-electron chi connectivity index (χ2n) is 6.01. The molecule has 0 heterocycles. The molecule has 2 aromatic carbocycles. The Bertz CT molecular complexity index is 763. The van der Waals surface area contributed by atoms with Crippen molar-refractivity contribution < 1.29 is 19.1 Å². The van der Waals surface area contributed by atoms with Crippen molar-refractivity contribution in [1.29, 1.82) is 0 Å². The predicted octanol–water partition coefficient (Wildman–Crippen LogP) is 2.90. The molecule has 150 valence electrons. The van der Waals surface area contributed by atoms with Gasteiger partial charge in [0.25, 0.3) is 5.91 Å². The third-order valence-corrected chi connectivity index (χ3v) is 3.87. The molecule has 0 saturated carbocycles. The summed E-state index contributed by atoms with van der Waals surface area (Å²) in [7, 11) is 1.63. The highest BCUT2D eigenvalue weighted by Crippen LogP contribution is 2.23. The quantitative estimate of drug-likeness (QED) is 0.518. The summed E-state index contributed by atoms with van der Waals surface area (Å²) in [6.07, 6.45) is 0.760. The molecule has 2 aromatic rings. The maximum Gasteiger partial charge on any atom is 0.251 e. The van der Waals surface area contributed by atoms with Crippen LogP contribution in [0.2, 0.25) is 0 Å². The van der Waals surface area contributed by atoms with E-state index >= 15 is 0 Å². The third-order valence-electron chi connectivity index (χ3n) is 3.87. The predicted molar refractivity (Wildman–Crippen MR) is 110 cm³/mol. The highest BCUT2D eigenvalue weighted by molar-refractivity contribution is 5.96. The Morgan fingerprint density at radius 2 is 1.79 bits per heavy atom. The monoisotopic (exact) mass is 385 g/mol. The van der Waals surface area contributed by atoms with E-state index in [2.05, 4.69) is 16.0 Å². The maximum absolute atomic E-state index is 12.2. The van der Waals surface area contributed by atoms with Crippen LogP contribution in [-0.4, -0.2) is 45.2 Å². The Hall–Kier alpha value is -3.06. The van der Waals surface area contributed by atoms with E-state index < -0.39 is 0 Å². The molecular weight excluding hydrogens is 358 g/mol. The Morgan fingerprint density at radius 1 is 1.04 bits per heavy atom. The van der Waals surface area contributed by atoms with Crippen LogP contribution in [0.5, 0.6) is 5.75 Å². The van der Waals surface area contributed by atoms with E-state index in [0.29, 0.717) is 36.8 Å². The smallest absolute Gasteiger partial charge is 0.251 e. The molecule has 0 atom stereocenters. The first-order valence-corrected chi connectivity index (χ1v) is 9.26. The normalized spacial score (nSPS) is 10.2. The van der Waals surface area contributed by atoms with Crippen LogP contribution in [0.4, 0.5) is 11.4 Å². The average molecular weight is 385 g/mol. The molecule has 0 fully saturated rings. The van der Waals surface area contributed by atoms with Crippen molar-refractivity contribution in [3.63, 3.8) is 0 Å². The summed E-state index contributed by atoms with van der Waals surface area (Å²) in [6.45, 7) is 3.73. The zero-order valence-corrected chi connectivity index (χ0v) is 16.3. The topological polar surface area (TPSA) is 88.7 Å². The Labute approximate surface area is 165 Å². The van der Waals surface area contributed by atoms with Gasteiger partial charge in [-0.15, -0.1) is 0 Å². The first kappa shape index (κ1) is 21.2. The first-order valence-electron chi connectivity index (χ1n) is 9.26. The highest BCUT2D eigenvalue weighted by atomic mass is 16.5.